The van der Waals surface area contributed by atoms with Crippen molar-refractivity contribution in [2.75, 3.05) is 22.0 Å². The number of hydrogen-bond donors (Lipinski definition) is 3. The Morgan fingerprint density at radius 3 is 2.56 bits per heavy atom. The lowest BCUT2D eigenvalue weighted by Crippen LogP contribution is -2.18. The van der Waals surface area contributed by atoms with E-state index in [9.17, 15) is 31.2 Å². The van der Waals surface area contributed by atoms with E-state index in [4.69, 9.17) is 0 Å². The minimum absolute atomic E-state index is 0.229. The number of carbonyl (C=O) groups is 1. The summed E-state index contributed by atoms with van der Waals surface area (Å²) in [4.78, 5) is 28.6. The molecule has 2 rings (SSSR count). The van der Waals surface area contributed by atoms with Gasteiger partial charge >= 0.3 is 6.18 Å². The zero-order valence-corrected chi connectivity index (χ0v) is 15.3. The Balaban J connectivity index is 2.02. The maximum Gasteiger partial charge on any atom is 0.433 e. The molecule has 1 heterocycles. The van der Waals surface area contributed by atoms with Crippen molar-refractivity contribution in [3.8, 4) is 0 Å². The molecule has 0 aliphatic heterocycles. The molecule has 0 saturated carbocycles. The molecule has 3 N–H and O–H groups in total. The predicted octanol–water partition coefficient (Wildman–Crippen LogP) is 1.89. The summed E-state index contributed by atoms with van der Waals surface area (Å²) in [6.45, 7) is 0. The van der Waals surface area contributed by atoms with Gasteiger partial charge in [0.05, 0.1) is 17.7 Å². The molecule has 2 aromatic rings. The number of aromatic amines is 1. The van der Waals surface area contributed by atoms with Gasteiger partial charge in [0.2, 0.25) is 15.9 Å². The molecule has 0 bridgehead atoms. The lowest BCUT2D eigenvalue weighted by atomic mass is 10.3. The van der Waals surface area contributed by atoms with Crippen molar-refractivity contribution in [2.24, 2.45) is 0 Å². The van der Waals surface area contributed by atoms with Crippen LogP contribution in [0, 0.1) is 0 Å². The predicted molar refractivity (Wildman–Crippen MR) is 94.1 cm³/mol. The third-order valence-electron chi connectivity index (χ3n) is 2.80. The van der Waals surface area contributed by atoms with Crippen LogP contribution < -0.4 is 15.6 Å². The minimum atomic E-state index is -4.78. The molecule has 0 saturated heterocycles. The number of aromatic nitrogens is 2. The molecule has 8 nitrogen and oxygen atoms in total. The van der Waals surface area contributed by atoms with E-state index in [0.29, 0.717) is 17.8 Å². The van der Waals surface area contributed by atoms with Crippen LogP contribution in [-0.4, -0.2) is 36.3 Å². The SMILES string of the molecule is CS(=O)(=O)Nc1cccc(NC(=O)CSc2nc(C(F)(F)F)cc(=O)[nH]2)c1. The molecule has 1 aromatic carbocycles. The topological polar surface area (TPSA) is 121 Å². The molecule has 0 atom stereocenters. The van der Waals surface area contributed by atoms with Crippen LogP contribution in [0.5, 0.6) is 0 Å². The number of H-pyrrole nitrogens is 1. The van der Waals surface area contributed by atoms with Gasteiger partial charge in [-0.2, -0.15) is 13.2 Å². The van der Waals surface area contributed by atoms with Crippen LogP contribution in [0.25, 0.3) is 0 Å². The van der Waals surface area contributed by atoms with Gasteiger partial charge in [-0.3, -0.25) is 14.3 Å². The van der Waals surface area contributed by atoms with Crippen molar-refractivity contribution in [3.63, 3.8) is 0 Å². The Labute approximate surface area is 155 Å². The fourth-order valence-electron chi connectivity index (χ4n) is 1.85. The number of sulfonamides is 1. The van der Waals surface area contributed by atoms with Crippen LogP contribution in [0.3, 0.4) is 0 Å². The third-order valence-corrected chi connectivity index (χ3v) is 4.28. The molecule has 13 heteroatoms. The van der Waals surface area contributed by atoms with Crippen molar-refractivity contribution in [2.45, 2.75) is 11.3 Å². The smallest absolute Gasteiger partial charge is 0.325 e. The molecule has 1 aromatic heterocycles. The third kappa shape index (κ3) is 6.94. The van der Waals surface area contributed by atoms with Gasteiger partial charge in [-0.1, -0.05) is 17.8 Å². The van der Waals surface area contributed by atoms with E-state index >= 15 is 0 Å². The van der Waals surface area contributed by atoms with Gasteiger partial charge in [-0.05, 0) is 18.2 Å². The van der Waals surface area contributed by atoms with E-state index in [1.54, 1.807) is 0 Å². The van der Waals surface area contributed by atoms with Crippen LogP contribution in [0.2, 0.25) is 0 Å². The number of alkyl halides is 3. The molecular formula is C14H13F3N4O4S2. The van der Waals surface area contributed by atoms with Gasteiger partial charge in [-0.25, -0.2) is 13.4 Å². The molecule has 0 radical (unpaired) electrons. The number of carbonyl (C=O) groups excluding carboxylic acids is 1. The summed E-state index contributed by atoms with van der Waals surface area (Å²) in [5, 5.41) is 2.11. The first-order valence-corrected chi connectivity index (χ1v) is 9.99. The van der Waals surface area contributed by atoms with Crippen molar-refractivity contribution in [1.82, 2.24) is 9.97 Å². The number of nitrogens with zero attached hydrogens (tertiary/aromatic N) is 1. The second-order valence-corrected chi connectivity index (χ2v) is 7.94. The van der Waals surface area contributed by atoms with Gasteiger partial charge in [0.25, 0.3) is 5.56 Å². The van der Waals surface area contributed by atoms with Crippen LogP contribution in [0.15, 0.2) is 40.3 Å². The zero-order valence-electron chi connectivity index (χ0n) is 13.6. The quantitative estimate of drug-likeness (QED) is 0.483. The highest BCUT2D eigenvalue weighted by Gasteiger charge is 2.33. The average Bonchev–Trinajstić information content (AvgIpc) is 2.50. The van der Waals surface area contributed by atoms with Crippen LogP contribution in [-0.2, 0) is 21.0 Å². The number of halogens is 3. The summed E-state index contributed by atoms with van der Waals surface area (Å²) in [7, 11) is -3.49. The van der Waals surface area contributed by atoms with Crippen LogP contribution >= 0.6 is 11.8 Å². The highest BCUT2D eigenvalue weighted by molar-refractivity contribution is 7.99. The summed E-state index contributed by atoms with van der Waals surface area (Å²) >= 11 is 0.616. The van der Waals surface area contributed by atoms with Gasteiger partial charge in [0, 0.05) is 11.8 Å². The summed E-state index contributed by atoms with van der Waals surface area (Å²) in [5.41, 5.74) is -1.83. The van der Waals surface area contributed by atoms with E-state index in [2.05, 4.69) is 20.0 Å². The molecular weight excluding hydrogens is 409 g/mol. The summed E-state index contributed by atoms with van der Waals surface area (Å²) in [6.07, 6.45) is -3.81. The standard InChI is InChI=1S/C14H13F3N4O4S2/c1-27(24,25)21-9-4-2-3-8(5-9)18-12(23)7-26-13-19-10(14(15,16)17)6-11(22)20-13/h2-6,21H,7H2,1H3,(H,18,23)(H,19,20,22). The zero-order chi connectivity index (χ0) is 20.2. The van der Waals surface area contributed by atoms with Crippen molar-refractivity contribution in [1.29, 1.82) is 0 Å². The number of anilines is 2. The maximum absolute atomic E-state index is 12.6. The van der Waals surface area contributed by atoms with Crippen molar-refractivity contribution >= 4 is 39.1 Å². The molecule has 0 spiro atoms. The molecule has 0 fully saturated rings. The van der Waals surface area contributed by atoms with Crippen LogP contribution in [0.1, 0.15) is 5.69 Å². The second-order valence-electron chi connectivity index (χ2n) is 5.23. The monoisotopic (exact) mass is 422 g/mol. The molecule has 1 amide bonds. The van der Waals surface area contributed by atoms with Gasteiger partial charge in [0.1, 0.15) is 0 Å². The average molecular weight is 422 g/mol. The molecule has 27 heavy (non-hydrogen) atoms. The number of thioether (sulfide) groups is 1. The molecule has 0 aliphatic rings. The van der Waals surface area contributed by atoms with E-state index in [1.165, 1.54) is 24.3 Å². The van der Waals surface area contributed by atoms with E-state index in [0.717, 1.165) is 6.26 Å². The molecule has 146 valence electrons. The minimum Gasteiger partial charge on any atom is -0.325 e. The number of benzene rings is 1. The highest BCUT2D eigenvalue weighted by atomic mass is 32.2. The first-order chi connectivity index (χ1) is 12.4. The Morgan fingerprint density at radius 1 is 1.26 bits per heavy atom. The second kappa shape index (κ2) is 8.00. The normalized spacial score (nSPS) is 11.9. The lowest BCUT2D eigenvalue weighted by Gasteiger charge is -2.09. The van der Waals surface area contributed by atoms with Gasteiger partial charge in [-0.15, -0.1) is 0 Å². The Bertz CT molecular complexity index is 1010. The summed E-state index contributed by atoms with van der Waals surface area (Å²) in [5.74, 6) is -0.912. The molecule has 0 aliphatic carbocycles. The number of hydrogen-bond acceptors (Lipinski definition) is 6. The Hall–Kier alpha value is -2.54. The number of rotatable bonds is 6. The fourth-order valence-corrected chi connectivity index (χ4v) is 3.09. The summed E-state index contributed by atoms with van der Waals surface area (Å²) in [6, 6.07) is 6.17. The van der Waals surface area contributed by atoms with Crippen molar-refractivity contribution in [3.05, 3.63) is 46.4 Å². The first-order valence-electron chi connectivity index (χ1n) is 7.11. The van der Waals surface area contributed by atoms with Crippen LogP contribution in [0.4, 0.5) is 24.5 Å². The van der Waals surface area contributed by atoms with Crippen molar-refractivity contribution < 1.29 is 26.4 Å². The highest BCUT2D eigenvalue weighted by Crippen LogP contribution is 2.27. The van der Waals surface area contributed by atoms with E-state index < -0.39 is 33.4 Å². The van der Waals surface area contributed by atoms with E-state index in [-0.39, 0.29) is 22.3 Å². The first kappa shape index (κ1) is 20.8. The largest absolute Gasteiger partial charge is 0.433 e. The number of amides is 1. The van der Waals surface area contributed by atoms with Gasteiger partial charge < -0.3 is 10.3 Å². The fraction of sp³-hybridized carbons (Fsp3) is 0.214. The summed E-state index contributed by atoms with van der Waals surface area (Å²) < 4.78 is 62.6. The molecule has 0 unspecified atom stereocenters. The number of nitrogens with one attached hydrogen (secondary N) is 3. The Kier molecular flexibility index (Phi) is 6.15. The lowest BCUT2D eigenvalue weighted by molar-refractivity contribution is -0.141. The van der Waals surface area contributed by atoms with Gasteiger partial charge in [0.15, 0.2) is 10.9 Å². The Morgan fingerprint density at radius 2 is 1.93 bits per heavy atom. The van der Waals surface area contributed by atoms with E-state index in [1.807, 2.05) is 0 Å². The maximum atomic E-state index is 12.6.